The van der Waals surface area contributed by atoms with Crippen molar-refractivity contribution >= 4 is 0 Å². The summed E-state index contributed by atoms with van der Waals surface area (Å²) < 4.78 is 0. The van der Waals surface area contributed by atoms with E-state index >= 15 is 0 Å². The van der Waals surface area contributed by atoms with Gasteiger partial charge in [0, 0.05) is 6.04 Å². The Kier molecular flexibility index (Phi) is 16.3. The molecule has 1 N–H and O–H groups in total. The molecule has 0 aromatic heterocycles. The molecule has 1 nitrogen and oxygen atoms in total. The second-order valence-electron chi connectivity index (χ2n) is 2.58. The molecule has 1 heterocycles. The van der Waals surface area contributed by atoms with Crippen molar-refractivity contribution in [1.82, 2.24) is 5.32 Å². The zero-order valence-corrected chi connectivity index (χ0v) is 9.61. The van der Waals surface area contributed by atoms with E-state index in [1.54, 1.807) is 0 Å². The van der Waals surface area contributed by atoms with Gasteiger partial charge in [-0.3, -0.25) is 0 Å². The summed E-state index contributed by atoms with van der Waals surface area (Å²) in [6, 6.07) is 0.861. The molecule has 0 aliphatic carbocycles. The summed E-state index contributed by atoms with van der Waals surface area (Å²) in [6.45, 7) is 11.5. The third-order valence-corrected chi connectivity index (χ3v) is 1.80. The number of rotatable bonds is 2. The lowest BCUT2D eigenvalue weighted by atomic mass is 10.1. The smallest absolute Gasteiger partial charge is 0.00674 e. The second-order valence-corrected chi connectivity index (χ2v) is 2.58. The maximum atomic E-state index is 3.46. The molecule has 1 rings (SSSR count). The molecule has 0 radical (unpaired) electrons. The van der Waals surface area contributed by atoms with Crippen LogP contribution in [0, 0.1) is 0 Å². The van der Waals surface area contributed by atoms with E-state index in [1.165, 1.54) is 32.2 Å². The van der Waals surface area contributed by atoms with Gasteiger partial charge in [0.05, 0.1) is 0 Å². The fourth-order valence-electron chi connectivity index (χ4n) is 1.35. The first-order chi connectivity index (χ1) is 5.93. The molecule has 1 aliphatic rings. The fourth-order valence-corrected chi connectivity index (χ4v) is 1.35. The van der Waals surface area contributed by atoms with Gasteiger partial charge in [0.15, 0.2) is 0 Å². The molecule has 76 valence electrons. The normalized spacial score (nSPS) is 20.2. The summed E-state index contributed by atoms with van der Waals surface area (Å²) in [7, 11) is 0. The molecule has 1 aliphatic heterocycles. The van der Waals surface area contributed by atoms with E-state index in [1.807, 2.05) is 27.7 Å². The van der Waals surface area contributed by atoms with Crippen molar-refractivity contribution in [3.8, 4) is 0 Å². The average Bonchev–Trinajstić information content (AvgIpc) is 2.65. The minimum atomic E-state index is 0.861. The maximum absolute atomic E-state index is 3.46. The van der Waals surface area contributed by atoms with E-state index in [-0.39, 0.29) is 0 Å². The van der Waals surface area contributed by atoms with Gasteiger partial charge in [-0.15, -0.1) is 0 Å². The minimum absolute atomic E-state index is 0.861. The molecule has 1 saturated heterocycles. The Hall–Kier alpha value is -0.0400. The largest absolute Gasteiger partial charge is 0.314 e. The first kappa shape index (κ1) is 14.5. The Morgan fingerprint density at radius 1 is 1.17 bits per heavy atom. The Morgan fingerprint density at radius 3 is 2.08 bits per heavy atom. The molecule has 12 heavy (non-hydrogen) atoms. The van der Waals surface area contributed by atoms with Crippen molar-refractivity contribution < 1.29 is 0 Å². The summed E-state index contributed by atoms with van der Waals surface area (Å²) in [6.07, 6.45) is 5.51. The standard InChI is InChI=1S/C7H15N.2C2H6/c1-2-4-7-5-3-6-8-7;2*1-2/h7-8H,2-6H2,1H3;2*1-2H3. The maximum Gasteiger partial charge on any atom is 0.00674 e. The van der Waals surface area contributed by atoms with Crippen molar-refractivity contribution in [3.63, 3.8) is 0 Å². The lowest BCUT2D eigenvalue weighted by Crippen LogP contribution is -2.20. The van der Waals surface area contributed by atoms with Crippen molar-refractivity contribution in [2.75, 3.05) is 6.54 Å². The van der Waals surface area contributed by atoms with Crippen molar-refractivity contribution in [3.05, 3.63) is 0 Å². The third kappa shape index (κ3) is 8.06. The summed E-state index contributed by atoms with van der Waals surface area (Å²) >= 11 is 0. The summed E-state index contributed by atoms with van der Waals surface area (Å²) in [5.74, 6) is 0. The minimum Gasteiger partial charge on any atom is -0.314 e. The van der Waals surface area contributed by atoms with Gasteiger partial charge in [0.2, 0.25) is 0 Å². The van der Waals surface area contributed by atoms with Gasteiger partial charge >= 0.3 is 0 Å². The van der Waals surface area contributed by atoms with Crippen LogP contribution in [0.2, 0.25) is 0 Å². The van der Waals surface area contributed by atoms with E-state index < -0.39 is 0 Å². The first-order valence-corrected chi connectivity index (χ1v) is 5.67. The molecular formula is C11H27N. The monoisotopic (exact) mass is 173 g/mol. The highest BCUT2D eigenvalue weighted by molar-refractivity contribution is 4.72. The van der Waals surface area contributed by atoms with E-state index in [2.05, 4.69) is 12.2 Å². The van der Waals surface area contributed by atoms with Crippen LogP contribution in [0.15, 0.2) is 0 Å². The van der Waals surface area contributed by atoms with Gasteiger partial charge in [-0.25, -0.2) is 0 Å². The summed E-state index contributed by atoms with van der Waals surface area (Å²) in [5, 5.41) is 3.46. The van der Waals surface area contributed by atoms with E-state index in [9.17, 15) is 0 Å². The van der Waals surface area contributed by atoms with Crippen LogP contribution < -0.4 is 5.32 Å². The lowest BCUT2D eigenvalue weighted by molar-refractivity contribution is 0.551. The highest BCUT2D eigenvalue weighted by atomic mass is 14.9. The van der Waals surface area contributed by atoms with Gasteiger partial charge in [-0.05, 0) is 25.8 Å². The molecule has 0 spiro atoms. The van der Waals surface area contributed by atoms with Gasteiger partial charge in [-0.1, -0.05) is 41.0 Å². The van der Waals surface area contributed by atoms with Crippen molar-refractivity contribution in [2.45, 2.75) is 66.3 Å². The summed E-state index contributed by atoms with van der Waals surface area (Å²) in [4.78, 5) is 0. The van der Waals surface area contributed by atoms with Gasteiger partial charge in [0.25, 0.3) is 0 Å². The van der Waals surface area contributed by atoms with Crippen LogP contribution in [-0.4, -0.2) is 12.6 Å². The molecule has 0 aromatic rings. The highest BCUT2D eigenvalue weighted by Gasteiger charge is 2.11. The van der Waals surface area contributed by atoms with Crippen molar-refractivity contribution in [2.24, 2.45) is 0 Å². The molecule has 0 saturated carbocycles. The predicted molar refractivity (Wildman–Crippen MR) is 58.6 cm³/mol. The fraction of sp³-hybridized carbons (Fsp3) is 1.00. The van der Waals surface area contributed by atoms with Gasteiger partial charge in [0.1, 0.15) is 0 Å². The quantitative estimate of drug-likeness (QED) is 0.673. The van der Waals surface area contributed by atoms with E-state index in [0.717, 1.165) is 6.04 Å². The molecule has 1 fully saturated rings. The topological polar surface area (TPSA) is 12.0 Å². The SMILES string of the molecule is CC.CC.CCCC1CCCN1. The Labute approximate surface area is 78.9 Å². The Morgan fingerprint density at radius 2 is 1.75 bits per heavy atom. The van der Waals surface area contributed by atoms with Crippen LogP contribution in [0.4, 0.5) is 0 Å². The summed E-state index contributed by atoms with van der Waals surface area (Å²) in [5.41, 5.74) is 0. The zero-order chi connectivity index (χ0) is 9.82. The molecule has 1 unspecified atom stereocenters. The first-order valence-electron chi connectivity index (χ1n) is 5.67. The lowest BCUT2D eigenvalue weighted by Gasteiger charge is -2.05. The zero-order valence-electron chi connectivity index (χ0n) is 9.61. The second kappa shape index (κ2) is 13.5. The van der Waals surface area contributed by atoms with Crippen LogP contribution in [-0.2, 0) is 0 Å². The molecule has 1 atom stereocenters. The van der Waals surface area contributed by atoms with E-state index in [0.29, 0.717) is 0 Å². The van der Waals surface area contributed by atoms with Gasteiger partial charge in [-0.2, -0.15) is 0 Å². The van der Waals surface area contributed by atoms with Crippen molar-refractivity contribution in [1.29, 1.82) is 0 Å². The van der Waals surface area contributed by atoms with Crippen LogP contribution in [0.25, 0.3) is 0 Å². The van der Waals surface area contributed by atoms with Crippen LogP contribution in [0.5, 0.6) is 0 Å². The Balaban J connectivity index is 0. The van der Waals surface area contributed by atoms with E-state index in [4.69, 9.17) is 0 Å². The van der Waals surface area contributed by atoms with Crippen LogP contribution in [0.3, 0.4) is 0 Å². The number of hydrogen-bond donors (Lipinski definition) is 1. The van der Waals surface area contributed by atoms with Crippen LogP contribution in [0.1, 0.15) is 60.3 Å². The average molecular weight is 173 g/mol. The highest BCUT2D eigenvalue weighted by Crippen LogP contribution is 2.09. The number of nitrogens with one attached hydrogen (secondary N) is 1. The Bertz CT molecular complexity index is 56.0. The molecule has 0 bridgehead atoms. The van der Waals surface area contributed by atoms with Gasteiger partial charge < -0.3 is 5.32 Å². The molecular weight excluding hydrogens is 146 g/mol. The molecule has 0 amide bonds. The van der Waals surface area contributed by atoms with Crippen LogP contribution >= 0.6 is 0 Å². The number of hydrogen-bond acceptors (Lipinski definition) is 1. The molecule has 0 aromatic carbocycles. The molecule has 1 heteroatoms. The third-order valence-electron chi connectivity index (χ3n) is 1.80. The predicted octanol–water partition coefficient (Wildman–Crippen LogP) is 3.59.